The number of nitrogens with zero attached hydrogens (tertiary/aromatic N) is 2. The molecule has 0 saturated carbocycles. The van der Waals surface area contributed by atoms with E-state index in [0.29, 0.717) is 13.2 Å². The van der Waals surface area contributed by atoms with E-state index in [-0.39, 0.29) is 11.7 Å². The molecule has 3 aromatic carbocycles. The second-order valence-electron chi connectivity index (χ2n) is 8.79. The van der Waals surface area contributed by atoms with E-state index in [1.807, 2.05) is 42.6 Å². The van der Waals surface area contributed by atoms with Crippen LogP contribution in [0.5, 0.6) is 0 Å². The van der Waals surface area contributed by atoms with Crippen LogP contribution in [0.4, 0.5) is 4.39 Å². The van der Waals surface area contributed by atoms with Crippen LogP contribution in [-0.2, 0) is 9.26 Å². The minimum atomic E-state index is -1.63. The number of nitrogens with one attached hydrogen (secondary N) is 1. The van der Waals surface area contributed by atoms with E-state index in [4.69, 9.17) is 9.26 Å². The predicted molar refractivity (Wildman–Crippen MR) is 137 cm³/mol. The highest BCUT2D eigenvalue weighted by atomic mass is 31.2. The topological polar surface area (TPSA) is 72.3 Å². The predicted octanol–water partition coefficient (Wildman–Crippen LogP) is 5.78. The maximum absolute atomic E-state index is 13.9. The zero-order chi connectivity index (χ0) is 23.9. The summed E-state index contributed by atoms with van der Waals surface area (Å²) in [6, 6.07) is 18.9. The summed E-state index contributed by atoms with van der Waals surface area (Å²) in [5.41, 5.74) is 6.32. The van der Waals surface area contributed by atoms with Gasteiger partial charge in [0.1, 0.15) is 5.82 Å². The highest BCUT2D eigenvalue weighted by Crippen LogP contribution is 2.44. The quantitative estimate of drug-likeness (QED) is 0.307. The van der Waals surface area contributed by atoms with Gasteiger partial charge < -0.3 is 18.7 Å². The van der Waals surface area contributed by atoms with Crippen molar-refractivity contribution in [1.29, 1.82) is 0 Å². The first kappa shape index (κ1) is 22.4. The summed E-state index contributed by atoms with van der Waals surface area (Å²) < 4.78 is 27.0. The Labute approximate surface area is 203 Å². The Balaban J connectivity index is 1.67. The molecule has 0 radical (unpaired) electrons. The average Bonchev–Trinajstić information content (AvgIpc) is 3.50. The van der Waals surface area contributed by atoms with E-state index in [1.165, 1.54) is 24.9 Å². The van der Waals surface area contributed by atoms with Crippen molar-refractivity contribution >= 4 is 35.5 Å². The Bertz CT molecular complexity index is 1490. The molecule has 5 aromatic rings. The Kier molecular flexibility index (Phi) is 5.86. The maximum atomic E-state index is 13.9. The van der Waals surface area contributed by atoms with Crippen molar-refractivity contribution in [3.63, 3.8) is 0 Å². The molecule has 8 heteroatoms. The number of aromatic nitrogens is 3. The fourth-order valence-electron chi connectivity index (χ4n) is 5.13. The van der Waals surface area contributed by atoms with E-state index in [2.05, 4.69) is 26.9 Å². The third-order valence-electron chi connectivity index (χ3n) is 6.81. The van der Waals surface area contributed by atoms with Crippen molar-refractivity contribution in [2.45, 2.75) is 18.8 Å². The smallest absolute Gasteiger partial charge is 0.202 e. The molecule has 0 bridgehead atoms. The normalized spacial score (nSPS) is 15.7. The van der Waals surface area contributed by atoms with Crippen LogP contribution >= 0.6 is 8.38 Å². The first-order valence-corrected chi connectivity index (χ1v) is 12.8. The summed E-state index contributed by atoms with van der Waals surface area (Å²) in [5.74, 6) is 0.0193. The van der Waals surface area contributed by atoms with Crippen LogP contribution in [0.25, 0.3) is 38.6 Å². The molecule has 3 heterocycles. The summed E-state index contributed by atoms with van der Waals surface area (Å²) in [4.78, 5) is 10.2. The van der Waals surface area contributed by atoms with Gasteiger partial charge in [-0.2, -0.15) is 5.10 Å². The molecule has 35 heavy (non-hydrogen) atoms. The minimum Gasteiger partial charge on any atom is -0.381 e. The Morgan fingerprint density at radius 3 is 2.54 bits per heavy atom. The van der Waals surface area contributed by atoms with Gasteiger partial charge in [0, 0.05) is 59.3 Å². The fourth-order valence-corrected chi connectivity index (χ4v) is 5.75. The van der Waals surface area contributed by atoms with Crippen LogP contribution in [0.3, 0.4) is 0 Å². The third kappa shape index (κ3) is 3.95. The summed E-state index contributed by atoms with van der Waals surface area (Å²) >= 11 is 0. The fraction of sp³-hybridized carbons (Fsp3) is 0.222. The van der Waals surface area contributed by atoms with Gasteiger partial charge in [-0.1, -0.05) is 12.1 Å². The second kappa shape index (κ2) is 9.17. The summed E-state index contributed by atoms with van der Waals surface area (Å²) in [6.45, 7) is 1.42. The zero-order valence-corrected chi connectivity index (χ0v) is 20.1. The van der Waals surface area contributed by atoms with Crippen LogP contribution in [0.1, 0.15) is 24.5 Å². The number of halogens is 1. The maximum Gasteiger partial charge on any atom is 0.202 e. The molecule has 2 aromatic heterocycles. The summed E-state index contributed by atoms with van der Waals surface area (Å²) in [6.07, 6.45) is 3.65. The molecular weight excluding hydrogens is 464 g/mol. The lowest BCUT2D eigenvalue weighted by atomic mass is 9.90. The van der Waals surface area contributed by atoms with Crippen molar-refractivity contribution in [2.24, 2.45) is 0 Å². The molecule has 2 N–H and O–H groups in total. The molecule has 178 valence electrons. The second-order valence-corrected chi connectivity index (χ2v) is 10.2. The summed E-state index contributed by atoms with van der Waals surface area (Å²) in [7, 11) is -0.122. The largest absolute Gasteiger partial charge is 0.381 e. The van der Waals surface area contributed by atoms with Crippen molar-refractivity contribution in [3.8, 4) is 16.8 Å². The van der Waals surface area contributed by atoms with Crippen molar-refractivity contribution in [3.05, 3.63) is 78.4 Å². The van der Waals surface area contributed by atoms with Gasteiger partial charge >= 0.3 is 0 Å². The average molecular weight is 489 g/mol. The van der Waals surface area contributed by atoms with Gasteiger partial charge in [-0.15, -0.1) is 0 Å². The first-order valence-electron chi connectivity index (χ1n) is 11.6. The lowest BCUT2D eigenvalue weighted by Crippen LogP contribution is -2.17. The van der Waals surface area contributed by atoms with E-state index in [9.17, 15) is 9.28 Å². The van der Waals surface area contributed by atoms with Crippen molar-refractivity contribution in [2.75, 3.05) is 20.3 Å². The van der Waals surface area contributed by atoms with Crippen molar-refractivity contribution < 1.29 is 18.5 Å². The number of fused-ring (bicyclic) bond motifs is 2. The highest BCUT2D eigenvalue weighted by molar-refractivity contribution is 7.54. The number of H-pyrrole nitrogens is 1. The molecular formula is C27H25FN3O3P. The van der Waals surface area contributed by atoms with Gasteiger partial charge in [0.15, 0.2) is 0 Å². The van der Waals surface area contributed by atoms with E-state index >= 15 is 0 Å². The van der Waals surface area contributed by atoms with Gasteiger partial charge in [-0.25, -0.2) is 4.39 Å². The Hall–Kier alpha value is -3.09. The number of benzene rings is 3. The molecule has 1 aliphatic rings. The molecule has 1 saturated heterocycles. The molecule has 1 atom stereocenters. The SMILES string of the molecule is COP(O)c1ccc(-c2c(C3CCOCC3)n(-c3ccc(F)cc3)c3cc4cn[nH]c4cc23)cc1. The van der Waals surface area contributed by atoms with Gasteiger partial charge in [-0.3, -0.25) is 5.10 Å². The Morgan fingerprint density at radius 2 is 1.83 bits per heavy atom. The van der Waals surface area contributed by atoms with Crippen LogP contribution < -0.4 is 5.30 Å². The third-order valence-corrected chi connectivity index (χ3v) is 7.89. The first-order chi connectivity index (χ1) is 17.1. The van der Waals surface area contributed by atoms with E-state index in [1.54, 1.807) is 0 Å². The highest BCUT2D eigenvalue weighted by Gasteiger charge is 2.28. The van der Waals surface area contributed by atoms with E-state index in [0.717, 1.165) is 56.8 Å². The zero-order valence-electron chi connectivity index (χ0n) is 19.2. The van der Waals surface area contributed by atoms with Crippen LogP contribution in [-0.4, -0.2) is 40.0 Å². The van der Waals surface area contributed by atoms with Gasteiger partial charge in [0.25, 0.3) is 0 Å². The van der Waals surface area contributed by atoms with Gasteiger partial charge in [0.05, 0.1) is 17.2 Å². The molecule has 1 fully saturated rings. The number of rotatable bonds is 5. The van der Waals surface area contributed by atoms with Gasteiger partial charge in [-0.05, 0) is 66.9 Å². The molecule has 1 aliphatic heterocycles. The van der Waals surface area contributed by atoms with Crippen molar-refractivity contribution in [1.82, 2.24) is 14.8 Å². The standard InChI is InChI=1S/C27H25FN3O3P/c1-33-35(32)22-8-2-17(3-9-22)26-23-15-24-19(16-29-30-24)14-25(23)31(21-6-4-20(28)5-7-21)27(26)18-10-12-34-13-11-18/h2-9,14-16,18,32H,10-13H2,1H3,(H,29,30). The lowest BCUT2D eigenvalue weighted by Gasteiger charge is -2.26. The number of hydrogen-bond donors (Lipinski definition) is 2. The Morgan fingerprint density at radius 1 is 1.09 bits per heavy atom. The molecule has 0 spiro atoms. The number of hydrogen-bond acceptors (Lipinski definition) is 4. The minimum absolute atomic E-state index is 0.260. The van der Waals surface area contributed by atoms with Gasteiger partial charge in [0.2, 0.25) is 8.38 Å². The van der Waals surface area contributed by atoms with Crippen LogP contribution in [0.15, 0.2) is 66.9 Å². The monoisotopic (exact) mass is 489 g/mol. The molecule has 6 nitrogen and oxygen atoms in total. The molecule has 6 rings (SSSR count). The number of ether oxygens (including phenoxy) is 1. The lowest BCUT2D eigenvalue weighted by molar-refractivity contribution is 0.0843. The van der Waals surface area contributed by atoms with E-state index < -0.39 is 8.38 Å². The summed E-state index contributed by atoms with van der Waals surface area (Å²) in [5, 5.41) is 10.2. The van der Waals surface area contributed by atoms with Crippen LogP contribution in [0.2, 0.25) is 0 Å². The molecule has 1 unspecified atom stereocenters. The molecule has 0 amide bonds. The molecule has 0 aliphatic carbocycles. The van der Waals surface area contributed by atoms with Crippen LogP contribution in [0, 0.1) is 5.82 Å². The number of aromatic amines is 1.